The summed E-state index contributed by atoms with van der Waals surface area (Å²) in [4.78, 5) is 12.3. The molecule has 0 saturated heterocycles. The number of carbonyl (C=O) groups is 1. The molecule has 0 aliphatic rings. The van der Waals surface area contributed by atoms with Crippen LogP contribution in [0.5, 0.6) is 0 Å². The minimum Gasteiger partial charge on any atom is -0.378 e. The smallest absolute Gasteiger partial charge is 0.275 e. The molecule has 0 aliphatic carbocycles. The second kappa shape index (κ2) is 4.45. The Kier molecular flexibility index (Phi) is 3.48. The van der Waals surface area contributed by atoms with Gasteiger partial charge in [-0.15, -0.1) is 11.3 Å². The number of amides is 1. The van der Waals surface area contributed by atoms with E-state index in [1.165, 1.54) is 11.3 Å². The molecule has 4 nitrogen and oxygen atoms in total. The van der Waals surface area contributed by atoms with E-state index in [4.69, 9.17) is 5.84 Å². The van der Waals surface area contributed by atoms with E-state index in [0.717, 1.165) is 4.88 Å². The SMILES string of the molecule is CC(C)(O)C#Cc1ccc(C(=O)NN)s1. The number of nitrogens with two attached hydrogens (primary N) is 1. The van der Waals surface area contributed by atoms with E-state index in [1.54, 1.807) is 26.0 Å². The maximum absolute atomic E-state index is 11.1. The third-order valence-corrected chi connectivity index (χ3v) is 2.45. The van der Waals surface area contributed by atoms with Gasteiger partial charge in [0.25, 0.3) is 5.91 Å². The molecule has 1 amide bonds. The van der Waals surface area contributed by atoms with Crippen LogP contribution in [0, 0.1) is 11.8 Å². The number of hydrogen-bond donors (Lipinski definition) is 3. The molecule has 5 heteroatoms. The highest BCUT2D eigenvalue weighted by Crippen LogP contribution is 2.15. The Morgan fingerprint density at radius 3 is 2.80 bits per heavy atom. The summed E-state index contributed by atoms with van der Waals surface area (Å²) in [6.07, 6.45) is 0. The van der Waals surface area contributed by atoms with Crippen LogP contribution in [-0.2, 0) is 0 Å². The normalized spacial score (nSPS) is 10.4. The topological polar surface area (TPSA) is 75.3 Å². The molecule has 1 aromatic heterocycles. The van der Waals surface area contributed by atoms with E-state index >= 15 is 0 Å². The number of rotatable bonds is 1. The predicted octanol–water partition coefficient (Wildman–Crippen LogP) is 0.474. The van der Waals surface area contributed by atoms with Crippen molar-refractivity contribution in [2.45, 2.75) is 19.4 Å². The number of carbonyl (C=O) groups excluding carboxylic acids is 1. The average molecular weight is 224 g/mol. The van der Waals surface area contributed by atoms with Gasteiger partial charge in [0.05, 0.1) is 9.75 Å². The largest absolute Gasteiger partial charge is 0.378 e. The summed E-state index contributed by atoms with van der Waals surface area (Å²) in [5.41, 5.74) is 1.01. The zero-order valence-corrected chi connectivity index (χ0v) is 9.31. The summed E-state index contributed by atoms with van der Waals surface area (Å²) in [6, 6.07) is 3.36. The second-order valence-corrected chi connectivity index (χ2v) is 4.53. The van der Waals surface area contributed by atoms with Gasteiger partial charge in [-0.05, 0) is 26.0 Å². The van der Waals surface area contributed by atoms with Crippen molar-refractivity contribution in [2.75, 3.05) is 0 Å². The van der Waals surface area contributed by atoms with E-state index in [1.807, 2.05) is 5.43 Å². The number of nitrogens with one attached hydrogen (secondary N) is 1. The number of hydrazine groups is 1. The second-order valence-electron chi connectivity index (χ2n) is 3.45. The lowest BCUT2D eigenvalue weighted by molar-refractivity contribution is 0.0957. The van der Waals surface area contributed by atoms with Gasteiger partial charge in [0.1, 0.15) is 5.60 Å². The quantitative estimate of drug-likeness (QED) is 0.281. The minimum atomic E-state index is -1.03. The number of hydrogen-bond acceptors (Lipinski definition) is 4. The van der Waals surface area contributed by atoms with Crippen LogP contribution < -0.4 is 11.3 Å². The highest BCUT2D eigenvalue weighted by molar-refractivity contribution is 7.14. The van der Waals surface area contributed by atoms with E-state index in [0.29, 0.717) is 4.88 Å². The average Bonchev–Trinajstić information content (AvgIpc) is 2.61. The van der Waals surface area contributed by atoms with Crippen molar-refractivity contribution >= 4 is 17.2 Å². The number of thiophene rings is 1. The molecule has 1 aromatic rings. The van der Waals surface area contributed by atoms with Gasteiger partial charge in [0.2, 0.25) is 0 Å². The summed E-state index contributed by atoms with van der Waals surface area (Å²) in [6.45, 7) is 3.20. The van der Waals surface area contributed by atoms with Crippen LogP contribution in [0.2, 0.25) is 0 Å². The molecule has 15 heavy (non-hydrogen) atoms. The Balaban J connectivity index is 2.85. The number of nitrogen functional groups attached to an aromatic ring is 1. The molecule has 0 aliphatic heterocycles. The molecule has 0 aromatic carbocycles. The van der Waals surface area contributed by atoms with Gasteiger partial charge >= 0.3 is 0 Å². The van der Waals surface area contributed by atoms with Crippen LogP contribution in [-0.4, -0.2) is 16.6 Å². The van der Waals surface area contributed by atoms with E-state index in [9.17, 15) is 9.90 Å². The lowest BCUT2D eigenvalue weighted by Gasteiger charge is -2.05. The van der Waals surface area contributed by atoms with E-state index < -0.39 is 5.60 Å². The van der Waals surface area contributed by atoms with Gasteiger partial charge in [0.15, 0.2) is 0 Å². The van der Waals surface area contributed by atoms with Crippen LogP contribution >= 0.6 is 11.3 Å². The van der Waals surface area contributed by atoms with E-state index in [-0.39, 0.29) is 5.91 Å². The Hall–Kier alpha value is -1.35. The molecular formula is C10H12N2O2S. The molecule has 0 saturated carbocycles. The first-order valence-corrected chi connectivity index (χ1v) is 5.10. The molecular weight excluding hydrogens is 212 g/mol. The molecule has 0 fully saturated rings. The van der Waals surface area contributed by atoms with E-state index in [2.05, 4.69) is 11.8 Å². The molecule has 0 atom stereocenters. The fourth-order valence-corrected chi connectivity index (χ4v) is 1.58. The standard InChI is InChI=1S/C10H12N2O2S/c1-10(2,14)6-5-7-3-4-8(15-7)9(13)12-11/h3-4,14H,11H2,1-2H3,(H,12,13). The fourth-order valence-electron chi connectivity index (χ4n) is 0.813. The summed E-state index contributed by atoms with van der Waals surface area (Å²) >= 11 is 1.23. The summed E-state index contributed by atoms with van der Waals surface area (Å²) < 4.78 is 0. The Morgan fingerprint density at radius 2 is 2.27 bits per heavy atom. The zero-order valence-electron chi connectivity index (χ0n) is 8.50. The third-order valence-electron chi connectivity index (χ3n) is 1.45. The van der Waals surface area contributed by atoms with Gasteiger partial charge in [-0.3, -0.25) is 10.2 Å². The lowest BCUT2D eigenvalue weighted by Crippen LogP contribution is -2.29. The Bertz CT molecular complexity index is 421. The van der Waals surface area contributed by atoms with Crippen LogP contribution in [0.4, 0.5) is 0 Å². The fraction of sp³-hybridized carbons (Fsp3) is 0.300. The van der Waals surface area contributed by atoms with Gasteiger partial charge in [-0.2, -0.15) is 0 Å². The summed E-state index contributed by atoms with van der Waals surface area (Å²) in [5.74, 6) is 10.1. The third kappa shape index (κ3) is 3.72. The zero-order chi connectivity index (χ0) is 11.5. The van der Waals surface area contributed by atoms with Crippen molar-refractivity contribution in [3.63, 3.8) is 0 Å². The van der Waals surface area contributed by atoms with Crippen LogP contribution in [0.15, 0.2) is 12.1 Å². The van der Waals surface area contributed by atoms with Crippen molar-refractivity contribution in [1.82, 2.24) is 5.43 Å². The predicted molar refractivity (Wildman–Crippen MR) is 59.1 cm³/mol. The van der Waals surface area contributed by atoms with Crippen molar-refractivity contribution in [2.24, 2.45) is 5.84 Å². The molecule has 80 valence electrons. The monoisotopic (exact) mass is 224 g/mol. The van der Waals surface area contributed by atoms with Crippen molar-refractivity contribution in [1.29, 1.82) is 0 Å². The van der Waals surface area contributed by atoms with Crippen LogP contribution in [0.1, 0.15) is 28.4 Å². The van der Waals surface area contributed by atoms with Crippen molar-refractivity contribution in [3.8, 4) is 11.8 Å². The Morgan fingerprint density at radius 1 is 1.60 bits per heavy atom. The van der Waals surface area contributed by atoms with Crippen molar-refractivity contribution < 1.29 is 9.90 Å². The van der Waals surface area contributed by atoms with Gasteiger partial charge in [-0.25, -0.2) is 5.84 Å². The highest BCUT2D eigenvalue weighted by atomic mass is 32.1. The minimum absolute atomic E-state index is 0.337. The molecule has 0 spiro atoms. The first-order valence-electron chi connectivity index (χ1n) is 4.29. The number of aliphatic hydroxyl groups is 1. The van der Waals surface area contributed by atoms with Gasteiger partial charge in [-0.1, -0.05) is 11.8 Å². The van der Waals surface area contributed by atoms with Crippen LogP contribution in [0.25, 0.3) is 0 Å². The van der Waals surface area contributed by atoms with Crippen molar-refractivity contribution in [3.05, 3.63) is 21.9 Å². The highest BCUT2D eigenvalue weighted by Gasteiger charge is 2.08. The summed E-state index contributed by atoms with van der Waals surface area (Å²) in [5, 5.41) is 9.37. The molecule has 0 radical (unpaired) electrons. The first kappa shape index (κ1) is 11.7. The first-order chi connectivity index (χ1) is 6.92. The molecule has 1 heterocycles. The molecule has 0 unspecified atom stereocenters. The van der Waals surface area contributed by atoms with Crippen LogP contribution in [0.3, 0.4) is 0 Å². The molecule has 0 bridgehead atoms. The Labute approximate surface area is 92.1 Å². The van der Waals surface area contributed by atoms with Gasteiger partial charge in [0, 0.05) is 0 Å². The van der Waals surface area contributed by atoms with Gasteiger partial charge < -0.3 is 5.11 Å². The molecule has 4 N–H and O–H groups in total. The summed E-state index contributed by atoms with van der Waals surface area (Å²) in [7, 11) is 0. The lowest BCUT2D eigenvalue weighted by atomic mass is 10.1. The molecule has 1 rings (SSSR count). The maximum atomic E-state index is 11.1. The maximum Gasteiger partial charge on any atom is 0.275 e.